The van der Waals surface area contributed by atoms with Crippen molar-refractivity contribution in [1.29, 1.82) is 0 Å². The minimum atomic E-state index is -0.538. The van der Waals surface area contributed by atoms with E-state index in [4.69, 9.17) is 9.47 Å². The Hall–Kier alpha value is -3.61. The maximum Gasteiger partial charge on any atom is 0.360 e. The van der Waals surface area contributed by atoms with Crippen LogP contribution in [0.2, 0.25) is 0 Å². The Kier molecular flexibility index (Phi) is 4.08. The van der Waals surface area contributed by atoms with E-state index >= 15 is 0 Å². The monoisotopic (exact) mass is 389 g/mol. The highest BCUT2D eigenvalue weighted by Gasteiger charge is 2.32. The molecule has 1 N–H and O–H groups in total. The fraction of sp³-hybridized carbons (Fsp3) is 0.227. The largest absolute Gasteiger partial charge is 0.493 e. The molecule has 0 spiro atoms. The minimum Gasteiger partial charge on any atom is -0.493 e. The second-order valence-corrected chi connectivity index (χ2v) is 7.17. The number of aromatic nitrogens is 1. The summed E-state index contributed by atoms with van der Waals surface area (Å²) in [5.41, 5.74) is 2.12. The van der Waals surface area contributed by atoms with Crippen molar-refractivity contribution in [3.05, 3.63) is 53.7 Å². The van der Waals surface area contributed by atoms with Crippen molar-refractivity contribution < 1.29 is 19.1 Å². The summed E-state index contributed by atoms with van der Waals surface area (Å²) in [5, 5.41) is 0.920. The molecule has 2 aromatic carbocycles. The van der Waals surface area contributed by atoms with Crippen LogP contribution < -0.4 is 9.47 Å². The Morgan fingerprint density at radius 1 is 1.21 bits per heavy atom. The first-order chi connectivity index (χ1) is 14.1. The molecule has 3 aromatic rings. The number of rotatable bonds is 3. The van der Waals surface area contributed by atoms with Crippen LogP contribution in [0.4, 0.5) is 5.69 Å². The van der Waals surface area contributed by atoms with E-state index in [2.05, 4.69) is 9.98 Å². The van der Waals surface area contributed by atoms with Gasteiger partial charge in [0.2, 0.25) is 0 Å². The number of benzene rings is 2. The van der Waals surface area contributed by atoms with Crippen molar-refractivity contribution in [2.45, 2.75) is 18.9 Å². The zero-order chi connectivity index (χ0) is 20.0. The van der Waals surface area contributed by atoms with E-state index in [9.17, 15) is 9.59 Å². The molecule has 7 nitrogen and oxygen atoms in total. The number of hydrogen-bond acceptors (Lipinski definition) is 5. The molecular weight excluding hydrogens is 370 g/mol. The highest BCUT2D eigenvalue weighted by atomic mass is 16.6. The SMILES string of the molecule is COc1cc2c(cc1OC(=O)c1cc3ccccc3[nH]1)N=C[C@@H]1CCCN1C2=O. The fourth-order valence-electron chi connectivity index (χ4n) is 3.93. The zero-order valence-electron chi connectivity index (χ0n) is 15.8. The summed E-state index contributed by atoms with van der Waals surface area (Å²) in [5.74, 6) is -0.0767. The lowest BCUT2D eigenvalue weighted by atomic mass is 10.1. The Bertz CT molecular complexity index is 1130. The standard InChI is InChI=1S/C22H19N3O4/c1-28-19-10-15-17(23-12-14-6-4-8-25(14)21(15)26)11-20(19)29-22(27)18-9-13-5-2-3-7-16(13)24-18/h2-3,5,7,9-12,14,24H,4,6,8H2,1H3/t14-/m0/s1. The van der Waals surface area contributed by atoms with Crippen molar-refractivity contribution in [3.63, 3.8) is 0 Å². The van der Waals surface area contributed by atoms with E-state index in [-0.39, 0.29) is 17.7 Å². The average molecular weight is 389 g/mol. The van der Waals surface area contributed by atoms with E-state index in [1.54, 1.807) is 24.4 Å². The topological polar surface area (TPSA) is 84.0 Å². The number of carbonyl (C=O) groups excluding carboxylic acids is 2. The summed E-state index contributed by atoms with van der Waals surface area (Å²) in [6.45, 7) is 0.717. The lowest BCUT2D eigenvalue weighted by molar-refractivity contribution is 0.0724. The molecule has 1 aromatic heterocycles. The molecular formula is C22H19N3O4. The lowest BCUT2D eigenvalue weighted by Gasteiger charge is -2.20. The Morgan fingerprint density at radius 2 is 2.07 bits per heavy atom. The van der Waals surface area contributed by atoms with Gasteiger partial charge in [-0.15, -0.1) is 0 Å². The molecule has 0 aliphatic carbocycles. The Morgan fingerprint density at radius 3 is 2.90 bits per heavy atom. The van der Waals surface area contributed by atoms with Gasteiger partial charge in [-0.3, -0.25) is 9.79 Å². The number of nitrogens with zero attached hydrogens (tertiary/aromatic N) is 2. The summed E-state index contributed by atoms with van der Waals surface area (Å²) < 4.78 is 11.0. The smallest absolute Gasteiger partial charge is 0.360 e. The third-order valence-electron chi connectivity index (χ3n) is 5.41. The first-order valence-electron chi connectivity index (χ1n) is 9.51. The number of H-pyrrole nitrogens is 1. The third kappa shape index (κ3) is 2.95. The molecule has 1 saturated heterocycles. The van der Waals surface area contributed by atoms with Crippen molar-refractivity contribution >= 4 is 34.7 Å². The van der Waals surface area contributed by atoms with Crippen molar-refractivity contribution in [1.82, 2.24) is 9.88 Å². The lowest BCUT2D eigenvalue weighted by Crippen LogP contribution is -2.35. The summed E-state index contributed by atoms with van der Waals surface area (Å²) in [7, 11) is 1.48. The maximum absolute atomic E-state index is 12.9. The van der Waals surface area contributed by atoms with Crippen LogP contribution in [-0.4, -0.2) is 47.7 Å². The average Bonchev–Trinajstić information content (AvgIpc) is 3.36. The van der Waals surface area contributed by atoms with Crippen LogP contribution in [0.1, 0.15) is 33.7 Å². The molecule has 1 atom stereocenters. The number of ether oxygens (including phenoxy) is 2. The van der Waals surface area contributed by atoms with Crippen LogP contribution in [0.3, 0.4) is 0 Å². The zero-order valence-corrected chi connectivity index (χ0v) is 15.8. The molecule has 2 aliphatic heterocycles. The van der Waals surface area contributed by atoms with E-state index in [0.717, 1.165) is 23.7 Å². The maximum atomic E-state index is 12.9. The van der Waals surface area contributed by atoms with Gasteiger partial charge < -0.3 is 19.4 Å². The van der Waals surface area contributed by atoms with Crippen LogP contribution in [0.15, 0.2) is 47.5 Å². The molecule has 29 heavy (non-hydrogen) atoms. The predicted molar refractivity (Wildman–Crippen MR) is 108 cm³/mol. The highest BCUT2D eigenvalue weighted by Crippen LogP contribution is 2.38. The van der Waals surface area contributed by atoms with Gasteiger partial charge in [0.25, 0.3) is 5.91 Å². The Balaban J connectivity index is 1.50. The number of aromatic amines is 1. The van der Waals surface area contributed by atoms with Gasteiger partial charge in [0.1, 0.15) is 5.69 Å². The number of nitrogens with one attached hydrogen (secondary N) is 1. The van der Waals surface area contributed by atoms with Gasteiger partial charge in [0, 0.05) is 29.7 Å². The number of fused-ring (bicyclic) bond motifs is 3. The van der Waals surface area contributed by atoms with Crippen LogP contribution >= 0.6 is 0 Å². The molecule has 1 amide bonds. The fourth-order valence-corrected chi connectivity index (χ4v) is 3.93. The first-order valence-corrected chi connectivity index (χ1v) is 9.51. The summed E-state index contributed by atoms with van der Waals surface area (Å²) >= 11 is 0. The first kappa shape index (κ1) is 17.5. The van der Waals surface area contributed by atoms with Gasteiger partial charge >= 0.3 is 5.97 Å². The summed E-state index contributed by atoms with van der Waals surface area (Å²) in [6.07, 6.45) is 3.67. The normalized spacial score (nSPS) is 17.8. The number of esters is 1. The summed E-state index contributed by atoms with van der Waals surface area (Å²) in [6, 6.07) is 12.5. The van der Waals surface area contributed by atoms with E-state index in [0.29, 0.717) is 29.2 Å². The van der Waals surface area contributed by atoms with Gasteiger partial charge in [-0.05, 0) is 31.0 Å². The number of carbonyl (C=O) groups is 2. The van der Waals surface area contributed by atoms with Crippen LogP contribution in [-0.2, 0) is 0 Å². The van der Waals surface area contributed by atoms with E-state index in [1.807, 2.05) is 29.2 Å². The third-order valence-corrected chi connectivity index (χ3v) is 5.41. The number of hydrogen-bond donors (Lipinski definition) is 1. The molecule has 0 bridgehead atoms. The quantitative estimate of drug-likeness (QED) is 0.547. The number of methoxy groups -OCH3 is 1. The predicted octanol–water partition coefficient (Wildman–Crippen LogP) is 3.72. The van der Waals surface area contributed by atoms with Crippen molar-refractivity contribution in [3.8, 4) is 11.5 Å². The van der Waals surface area contributed by atoms with Crippen LogP contribution in [0, 0.1) is 0 Å². The van der Waals surface area contributed by atoms with Gasteiger partial charge in [0.15, 0.2) is 11.5 Å². The molecule has 0 radical (unpaired) electrons. The molecule has 3 heterocycles. The second kappa shape index (κ2) is 6.77. The van der Waals surface area contributed by atoms with Gasteiger partial charge in [-0.2, -0.15) is 0 Å². The minimum absolute atomic E-state index is 0.0123. The summed E-state index contributed by atoms with van der Waals surface area (Å²) in [4.78, 5) is 35.0. The number of amides is 1. The van der Waals surface area contributed by atoms with Gasteiger partial charge in [0.05, 0.1) is 24.4 Å². The van der Waals surface area contributed by atoms with Crippen LogP contribution in [0.25, 0.3) is 10.9 Å². The number of para-hydroxylation sites is 1. The highest BCUT2D eigenvalue weighted by molar-refractivity contribution is 6.04. The van der Waals surface area contributed by atoms with Gasteiger partial charge in [-0.1, -0.05) is 18.2 Å². The number of aliphatic imine (C=N–C) groups is 1. The molecule has 2 aliphatic rings. The second-order valence-electron chi connectivity index (χ2n) is 7.17. The Labute approximate surface area is 166 Å². The van der Waals surface area contributed by atoms with Crippen molar-refractivity contribution in [2.24, 2.45) is 4.99 Å². The molecule has 1 fully saturated rings. The van der Waals surface area contributed by atoms with Crippen molar-refractivity contribution in [2.75, 3.05) is 13.7 Å². The van der Waals surface area contributed by atoms with Gasteiger partial charge in [-0.25, -0.2) is 4.79 Å². The molecule has 0 unspecified atom stereocenters. The molecule has 5 rings (SSSR count). The molecule has 0 saturated carbocycles. The van der Waals surface area contributed by atoms with Crippen LogP contribution in [0.5, 0.6) is 11.5 Å². The van der Waals surface area contributed by atoms with E-state index < -0.39 is 5.97 Å². The molecule has 7 heteroatoms. The molecule has 146 valence electrons. The van der Waals surface area contributed by atoms with E-state index in [1.165, 1.54) is 7.11 Å².